The minimum absolute atomic E-state index is 0.185. The highest BCUT2D eigenvalue weighted by Gasteiger charge is 2.15. The fraction of sp³-hybridized carbons (Fsp3) is 0.125. The quantitative estimate of drug-likeness (QED) is 0.368. The molecule has 6 nitrogen and oxygen atoms in total. The highest BCUT2D eigenvalue weighted by molar-refractivity contribution is 6.30. The van der Waals surface area contributed by atoms with E-state index in [1.54, 1.807) is 36.5 Å². The molecule has 32 heavy (non-hydrogen) atoms. The van der Waals surface area contributed by atoms with Crippen molar-refractivity contribution in [1.29, 1.82) is 0 Å². The van der Waals surface area contributed by atoms with Crippen LogP contribution in [0.15, 0.2) is 66.9 Å². The number of aromatic nitrogens is 2. The van der Waals surface area contributed by atoms with Crippen molar-refractivity contribution >= 4 is 34.3 Å². The van der Waals surface area contributed by atoms with Gasteiger partial charge in [0, 0.05) is 34.1 Å². The Bertz CT molecular complexity index is 1260. The summed E-state index contributed by atoms with van der Waals surface area (Å²) in [7, 11) is 0. The summed E-state index contributed by atoms with van der Waals surface area (Å²) in [6.07, 6.45) is 2.92. The molecule has 0 aliphatic heterocycles. The summed E-state index contributed by atoms with van der Waals surface area (Å²) in [6.45, 7) is 0. The van der Waals surface area contributed by atoms with Crippen molar-refractivity contribution in [3.63, 3.8) is 0 Å². The number of halogens is 2. The van der Waals surface area contributed by atoms with Crippen molar-refractivity contribution in [1.82, 2.24) is 20.8 Å². The standard InChI is InChI=1S/C24H20ClFN4O2/c25-16-9-7-15(8-10-16)24(32)30-29-22(31)6-3-4-18-19-14-17(26)11-12-20(19)28-23(18)21-5-1-2-13-27-21/h1-2,5,7-14,28H,3-4,6H2,(H,29,31)(H,30,32). The van der Waals surface area contributed by atoms with Crippen LogP contribution in [0.5, 0.6) is 0 Å². The molecule has 0 saturated carbocycles. The number of aromatic amines is 1. The minimum atomic E-state index is -0.431. The van der Waals surface area contributed by atoms with E-state index >= 15 is 0 Å². The van der Waals surface area contributed by atoms with Crippen LogP contribution in [0.2, 0.25) is 5.02 Å². The first-order valence-electron chi connectivity index (χ1n) is 10.1. The Morgan fingerprint density at radius 1 is 1.03 bits per heavy atom. The van der Waals surface area contributed by atoms with E-state index in [9.17, 15) is 14.0 Å². The van der Waals surface area contributed by atoms with Gasteiger partial charge in [-0.1, -0.05) is 17.7 Å². The first-order valence-corrected chi connectivity index (χ1v) is 10.5. The lowest BCUT2D eigenvalue weighted by Gasteiger charge is -2.08. The van der Waals surface area contributed by atoms with Crippen LogP contribution in [-0.4, -0.2) is 21.8 Å². The third kappa shape index (κ3) is 4.95. The third-order valence-corrected chi connectivity index (χ3v) is 5.29. The van der Waals surface area contributed by atoms with Gasteiger partial charge in [0.2, 0.25) is 5.91 Å². The van der Waals surface area contributed by atoms with E-state index in [-0.39, 0.29) is 18.1 Å². The molecule has 8 heteroatoms. The smallest absolute Gasteiger partial charge is 0.269 e. The Kier molecular flexibility index (Phi) is 6.47. The van der Waals surface area contributed by atoms with Crippen LogP contribution >= 0.6 is 11.6 Å². The van der Waals surface area contributed by atoms with Crippen LogP contribution in [0.1, 0.15) is 28.8 Å². The highest BCUT2D eigenvalue weighted by Crippen LogP contribution is 2.31. The Morgan fingerprint density at radius 3 is 2.59 bits per heavy atom. The SMILES string of the molecule is O=C(CCCc1c(-c2ccccn2)[nH]c2ccc(F)cc12)NNC(=O)c1ccc(Cl)cc1. The van der Waals surface area contributed by atoms with Gasteiger partial charge in [0.1, 0.15) is 5.82 Å². The fourth-order valence-corrected chi connectivity index (χ4v) is 3.62. The van der Waals surface area contributed by atoms with Crippen molar-refractivity contribution in [3.05, 3.63) is 88.8 Å². The Labute approximate surface area is 188 Å². The van der Waals surface area contributed by atoms with Gasteiger partial charge < -0.3 is 4.98 Å². The van der Waals surface area contributed by atoms with Gasteiger partial charge in [-0.15, -0.1) is 0 Å². The molecule has 2 aromatic carbocycles. The molecule has 0 aliphatic rings. The molecule has 0 spiro atoms. The molecule has 0 unspecified atom stereocenters. The highest BCUT2D eigenvalue weighted by atomic mass is 35.5. The number of carbonyl (C=O) groups excluding carboxylic acids is 2. The van der Waals surface area contributed by atoms with Crippen molar-refractivity contribution in [3.8, 4) is 11.4 Å². The topological polar surface area (TPSA) is 86.9 Å². The maximum atomic E-state index is 13.9. The van der Waals surface area contributed by atoms with E-state index < -0.39 is 5.91 Å². The van der Waals surface area contributed by atoms with Gasteiger partial charge in [-0.25, -0.2) is 4.39 Å². The number of amides is 2. The monoisotopic (exact) mass is 450 g/mol. The number of nitrogens with zero attached hydrogens (tertiary/aromatic N) is 1. The normalized spacial score (nSPS) is 10.8. The predicted octanol–water partition coefficient (Wildman–Crippen LogP) is 4.81. The number of rotatable bonds is 6. The summed E-state index contributed by atoms with van der Waals surface area (Å²) in [6, 6.07) is 16.5. The molecule has 4 rings (SSSR count). The average Bonchev–Trinajstić information content (AvgIpc) is 3.16. The zero-order valence-electron chi connectivity index (χ0n) is 17.0. The molecule has 2 aromatic heterocycles. The summed E-state index contributed by atoms with van der Waals surface area (Å²) in [4.78, 5) is 32.0. The summed E-state index contributed by atoms with van der Waals surface area (Å²) < 4.78 is 13.9. The first-order chi connectivity index (χ1) is 15.5. The molecule has 162 valence electrons. The lowest BCUT2D eigenvalue weighted by molar-refractivity contribution is -0.121. The minimum Gasteiger partial charge on any atom is -0.353 e. The van der Waals surface area contributed by atoms with Crippen LogP contribution < -0.4 is 10.9 Å². The molecular formula is C24H20ClFN4O2. The first kappa shape index (κ1) is 21.5. The van der Waals surface area contributed by atoms with Crippen molar-refractivity contribution in [2.45, 2.75) is 19.3 Å². The lowest BCUT2D eigenvalue weighted by Crippen LogP contribution is -2.41. The number of H-pyrrole nitrogens is 1. The third-order valence-electron chi connectivity index (χ3n) is 5.04. The molecule has 2 amide bonds. The molecule has 3 N–H and O–H groups in total. The summed E-state index contributed by atoms with van der Waals surface area (Å²) in [5.41, 5.74) is 8.45. The molecular weight excluding hydrogens is 431 g/mol. The van der Waals surface area contributed by atoms with Crippen LogP contribution in [0.25, 0.3) is 22.3 Å². The number of aryl methyl sites for hydroxylation is 1. The number of hydrogen-bond donors (Lipinski definition) is 3. The molecule has 0 fully saturated rings. The van der Waals surface area contributed by atoms with E-state index in [4.69, 9.17) is 11.6 Å². The van der Waals surface area contributed by atoms with Gasteiger partial charge in [0.25, 0.3) is 5.91 Å². The molecule has 0 aliphatic carbocycles. The average molecular weight is 451 g/mol. The molecule has 0 saturated heterocycles. The number of fused-ring (bicyclic) bond motifs is 1. The predicted molar refractivity (Wildman–Crippen MR) is 121 cm³/mol. The fourth-order valence-electron chi connectivity index (χ4n) is 3.50. The Balaban J connectivity index is 1.40. The summed E-state index contributed by atoms with van der Waals surface area (Å²) in [5, 5.41) is 1.29. The van der Waals surface area contributed by atoms with Crippen molar-refractivity contribution in [2.75, 3.05) is 0 Å². The van der Waals surface area contributed by atoms with Crippen LogP contribution in [0.3, 0.4) is 0 Å². The van der Waals surface area contributed by atoms with Crippen LogP contribution in [0, 0.1) is 5.82 Å². The van der Waals surface area contributed by atoms with Crippen molar-refractivity contribution < 1.29 is 14.0 Å². The van der Waals surface area contributed by atoms with Crippen LogP contribution in [0.4, 0.5) is 4.39 Å². The van der Waals surface area contributed by atoms with Crippen LogP contribution in [-0.2, 0) is 11.2 Å². The lowest BCUT2D eigenvalue weighted by atomic mass is 10.0. The second-order valence-corrected chi connectivity index (χ2v) is 7.68. The maximum Gasteiger partial charge on any atom is 0.269 e. The number of benzene rings is 2. The van der Waals surface area contributed by atoms with E-state index in [2.05, 4.69) is 20.8 Å². The second-order valence-electron chi connectivity index (χ2n) is 7.25. The molecule has 4 aromatic rings. The van der Waals surface area contributed by atoms with Gasteiger partial charge in [-0.05, 0) is 73.0 Å². The summed E-state index contributed by atoms with van der Waals surface area (Å²) in [5.74, 6) is -1.08. The maximum absolute atomic E-state index is 13.9. The van der Waals surface area contributed by atoms with Crippen molar-refractivity contribution in [2.24, 2.45) is 0 Å². The zero-order valence-corrected chi connectivity index (χ0v) is 17.7. The van der Waals surface area contributed by atoms with Gasteiger partial charge in [-0.3, -0.25) is 25.4 Å². The van der Waals surface area contributed by atoms with Gasteiger partial charge in [0.15, 0.2) is 0 Å². The molecule has 0 radical (unpaired) electrons. The second kappa shape index (κ2) is 9.62. The van der Waals surface area contributed by atoms with Gasteiger partial charge in [0.05, 0.1) is 11.4 Å². The number of hydrogen-bond acceptors (Lipinski definition) is 3. The van der Waals surface area contributed by atoms with Gasteiger partial charge >= 0.3 is 0 Å². The van der Waals surface area contributed by atoms with E-state index in [1.807, 2.05) is 18.2 Å². The Hall–Kier alpha value is -3.71. The van der Waals surface area contributed by atoms with E-state index in [1.165, 1.54) is 12.1 Å². The van der Waals surface area contributed by atoms with E-state index in [0.717, 1.165) is 27.9 Å². The number of hydrazine groups is 1. The van der Waals surface area contributed by atoms with Gasteiger partial charge in [-0.2, -0.15) is 0 Å². The summed E-state index contributed by atoms with van der Waals surface area (Å²) >= 11 is 5.81. The number of nitrogens with one attached hydrogen (secondary N) is 3. The Morgan fingerprint density at radius 2 is 1.84 bits per heavy atom. The molecule has 0 bridgehead atoms. The number of pyridine rings is 1. The molecule has 2 heterocycles. The largest absolute Gasteiger partial charge is 0.353 e. The molecule has 0 atom stereocenters. The van der Waals surface area contributed by atoms with E-state index in [0.29, 0.717) is 23.4 Å². The zero-order chi connectivity index (χ0) is 22.5. The number of carbonyl (C=O) groups is 2.